The van der Waals surface area contributed by atoms with Crippen molar-refractivity contribution in [2.45, 2.75) is 25.9 Å². The molecular weight excluding hydrogens is 230 g/mol. The van der Waals surface area contributed by atoms with Crippen molar-refractivity contribution in [2.24, 2.45) is 0 Å². The maximum absolute atomic E-state index is 13.0. The van der Waals surface area contributed by atoms with Gasteiger partial charge in [0.05, 0.1) is 18.6 Å². The fourth-order valence-electron chi connectivity index (χ4n) is 1.46. The first kappa shape index (κ1) is 13.6. The van der Waals surface area contributed by atoms with Crippen LogP contribution in [-0.2, 0) is 15.1 Å². The average molecular weight is 244 g/mol. The van der Waals surface area contributed by atoms with E-state index in [1.807, 2.05) is 0 Å². The molecule has 0 saturated heterocycles. The average Bonchev–Trinajstić information content (AvgIpc) is 2.15. The first-order chi connectivity index (χ1) is 7.85. The number of esters is 1. The van der Waals surface area contributed by atoms with Crippen LogP contribution in [0.1, 0.15) is 25.8 Å². The van der Waals surface area contributed by atoms with Gasteiger partial charge in [0.25, 0.3) is 0 Å². The highest BCUT2D eigenvalue weighted by atomic mass is 19.1. The van der Waals surface area contributed by atoms with Crippen molar-refractivity contribution in [3.63, 3.8) is 0 Å². The Bertz CT molecular complexity index is 396. The van der Waals surface area contributed by atoms with E-state index in [4.69, 9.17) is 0 Å². The molecule has 0 radical (unpaired) electrons. The van der Waals surface area contributed by atoms with E-state index in [9.17, 15) is 18.7 Å². The van der Waals surface area contributed by atoms with Crippen molar-refractivity contribution in [1.82, 2.24) is 0 Å². The smallest absolute Gasteiger partial charge is 0.309 e. The van der Waals surface area contributed by atoms with E-state index in [0.717, 1.165) is 12.1 Å². The molecule has 0 amide bonds. The van der Waals surface area contributed by atoms with Crippen molar-refractivity contribution in [1.29, 1.82) is 0 Å². The van der Waals surface area contributed by atoms with Gasteiger partial charge in [-0.25, -0.2) is 8.78 Å². The Morgan fingerprint density at radius 2 is 1.88 bits per heavy atom. The maximum atomic E-state index is 13.0. The van der Waals surface area contributed by atoms with Gasteiger partial charge in [0, 0.05) is 6.07 Å². The van der Waals surface area contributed by atoms with E-state index in [1.165, 1.54) is 6.92 Å². The number of carbonyl (C=O) groups is 1. The van der Waals surface area contributed by atoms with Crippen LogP contribution < -0.4 is 0 Å². The highest BCUT2D eigenvalue weighted by Gasteiger charge is 2.28. The fraction of sp³-hybridized carbons (Fsp3) is 0.417. The van der Waals surface area contributed by atoms with Gasteiger partial charge in [-0.3, -0.25) is 4.79 Å². The summed E-state index contributed by atoms with van der Waals surface area (Å²) in [5.74, 6) is -2.23. The minimum Gasteiger partial charge on any atom is -0.466 e. The molecule has 0 bridgehead atoms. The summed E-state index contributed by atoms with van der Waals surface area (Å²) in [7, 11) is 0. The monoisotopic (exact) mass is 244 g/mol. The Morgan fingerprint density at radius 3 is 2.35 bits per heavy atom. The maximum Gasteiger partial charge on any atom is 0.309 e. The quantitative estimate of drug-likeness (QED) is 0.825. The zero-order valence-electron chi connectivity index (χ0n) is 9.67. The van der Waals surface area contributed by atoms with Crippen LogP contribution in [-0.4, -0.2) is 17.7 Å². The Labute approximate surface area is 98.0 Å². The van der Waals surface area contributed by atoms with Gasteiger partial charge in [-0.15, -0.1) is 0 Å². The molecule has 0 fully saturated rings. The lowest BCUT2D eigenvalue weighted by molar-refractivity contribution is -0.148. The predicted octanol–water partition coefficient (Wildman–Crippen LogP) is 2.13. The van der Waals surface area contributed by atoms with Gasteiger partial charge in [0.15, 0.2) is 0 Å². The Hall–Kier alpha value is -1.49. The van der Waals surface area contributed by atoms with Crippen molar-refractivity contribution in [2.75, 3.05) is 6.61 Å². The van der Waals surface area contributed by atoms with Crippen LogP contribution in [0.25, 0.3) is 0 Å². The van der Waals surface area contributed by atoms with Gasteiger partial charge in [-0.1, -0.05) is 0 Å². The van der Waals surface area contributed by atoms with E-state index in [-0.39, 0.29) is 18.6 Å². The zero-order chi connectivity index (χ0) is 13.1. The molecule has 94 valence electrons. The minimum atomic E-state index is -1.66. The standard InChI is InChI=1S/C12H14F2O3/c1-3-17-11(15)7-12(2,16)8-4-9(13)6-10(14)5-8/h4-6,16H,3,7H2,1-2H3. The molecular formula is C12H14F2O3. The third-order valence-electron chi connectivity index (χ3n) is 2.28. The molecule has 0 heterocycles. The normalized spacial score (nSPS) is 14.2. The second-order valence-electron chi connectivity index (χ2n) is 3.91. The van der Waals surface area contributed by atoms with Crippen molar-refractivity contribution < 1.29 is 23.4 Å². The molecule has 1 unspecified atom stereocenters. The van der Waals surface area contributed by atoms with E-state index in [1.54, 1.807) is 6.92 Å². The van der Waals surface area contributed by atoms with Crippen LogP contribution in [0.5, 0.6) is 0 Å². The number of hydrogen-bond acceptors (Lipinski definition) is 3. The zero-order valence-corrected chi connectivity index (χ0v) is 9.67. The largest absolute Gasteiger partial charge is 0.466 e. The summed E-state index contributed by atoms with van der Waals surface area (Å²) in [5, 5.41) is 10.00. The van der Waals surface area contributed by atoms with Crippen molar-refractivity contribution in [3.8, 4) is 0 Å². The van der Waals surface area contributed by atoms with E-state index < -0.39 is 23.2 Å². The number of ether oxygens (including phenoxy) is 1. The second-order valence-corrected chi connectivity index (χ2v) is 3.91. The fourth-order valence-corrected chi connectivity index (χ4v) is 1.46. The summed E-state index contributed by atoms with van der Waals surface area (Å²) in [6.45, 7) is 3.12. The van der Waals surface area contributed by atoms with Gasteiger partial charge in [-0.2, -0.15) is 0 Å². The molecule has 5 heteroatoms. The molecule has 0 aliphatic carbocycles. The lowest BCUT2D eigenvalue weighted by atomic mass is 9.92. The lowest BCUT2D eigenvalue weighted by Gasteiger charge is -2.22. The molecule has 17 heavy (non-hydrogen) atoms. The molecule has 0 aliphatic heterocycles. The third-order valence-corrected chi connectivity index (χ3v) is 2.28. The first-order valence-corrected chi connectivity index (χ1v) is 5.19. The highest BCUT2D eigenvalue weighted by molar-refractivity contribution is 5.71. The van der Waals surface area contributed by atoms with Crippen LogP contribution in [0.4, 0.5) is 8.78 Å². The van der Waals surface area contributed by atoms with Crippen LogP contribution in [0.3, 0.4) is 0 Å². The highest BCUT2D eigenvalue weighted by Crippen LogP contribution is 2.26. The summed E-state index contributed by atoms with van der Waals surface area (Å²) >= 11 is 0. The number of carbonyl (C=O) groups excluding carboxylic acids is 1. The summed E-state index contributed by atoms with van der Waals surface area (Å²) in [6.07, 6.45) is -0.357. The number of benzene rings is 1. The van der Waals surface area contributed by atoms with Gasteiger partial charge >= 0.3 is 5.97 Å². The van der Waals surface area contributed by atoms with Gasteiger partial charge in [-0.05, 0) is 31.5 Å². The molecule has 1 rings (SSSR count). The van der Waals surface area contributed by atoms with Crippen molar-refractivity contribution in [3.05, 3.63) is 35.4 Å². The number of rotatable bonds is 4. The van der Waals surface area contributed by atoms with Gasteiger partial charge in [0.1, 0.15) is 11.6 Å². The van der Waals surface area contributed by atoms with Crippen LogP contribution in [0.2, 0.25) is 0 Å². The second kappa shape index (κ2) is 5.23. The summed E-state index contributed by atoms with van der Waals surface area (Å²) in [6, 6.07) is 2.68. The van der Waals surface area contributed by atoms with Gasteiger partial charge in [0.2, 0.25) is 0 Å². The summed E-state index contributed by atoms with van der Waals surface area (Å²) in [5.41, 5.74) is -1.65. The Kier molecular flexibility index (Phi) is 4.17. The number of halogens is 2. The molecule has 0 saturated carbocycles. The van der Waals surface area contributed by atoms with E-state index in [2.05, 4.69) is 4.74 Å². The van der Waals surface area contributed by atoms with Crippen LogP contribution in [0, 0.1) is 11.6 Å². The molecule has 3 nitrogen and oxygen atoms in total. The molecule has 0 spiro atoms. The van der Waals surface area contributed by atoms with Gasteiger partial charge < -0.3 is 9.84 Å². The molecule has 1 atom stereocenters. The molecule has 1 aromatic carbocycles. The summed E-state index contributed by atoms with van der Waals surface area (Å²) in [4.78, 5) is 11.2. The SMILES string of the molecule is CCOC(=O)CC(C)(O)c1cc(F)cc(F)c1. The number of aliphatic hydroxyl groups is 1. The Morgan fingerprint density at radius 1 is 1.35 bits per heavy atom. The summed E-state index contributed by atoms with van der Waals surface area (Å²) < 4.78 is 30.6. The lowest BCUT2D eigenvalue weighted by Crippen LogP contribution is -2.26. The van der Waals surface area contributed by atoms with E-state index >= 15 is 0 Å². The third kappa shape index (κ3) is 3.78. The minimum absolute atomic E-state index is 0.00283. The Balaban J connectivity index is 2.92. The van der Waals surface area contributed by atoms with Crippen LogP contribution in [0.15, 0.2) is 18.2 Å². The predicted molar refractivity (Wildman–Crippen MR) is 57.2 cm³/mol. The van der Waals surface area contributed by atoms with E-state index in [0.29, 0.717) is 6.07 Å². The van der Waals surface area contributed by atoms with Crippen LogP contribution >= 0.6 is 0 Å². The topological polar surface area (TPSA) is 46.5 Å². The molecule has 0 aromatic heterocycles. The first-order valence-electron chi connectivity index (χ1n) is 5.19. The molecule has 0 aliphatic rings. The van der Waals surface area contributed by atoms with Crippen molar-refractivity contribution >= 4 is 5.97 Å². The molecule has 1 N–H and O–H groups in total. The number of hydrogen-bond donors (Lipinski definition) is 1. The molecule has 1 aromatic rings.